The van der Waals surface area contributed by atoms with Crippen LogP contribution in [-0.2, 0) is 0 Å². The van der Waals surface area contributed by atoms with Gasteiger partial charge >= 0.3 is 0 Å². The highest BCUT2D eigenvalue weighted by atomic mass is 15.5. The molecule has 0 spiro atoms. The van der Waals surface area contributed by atoms with Crippen LogP contribution in [0.15, 0.2) is 182 Å². The maximum Gasteiger partial charge on any atom is 0.238 e. The fourth-order valence-electron chi connectivity index (χ4n) is 6.03. The lowest BCUT2D eigenvalue weighted by molar-refractivity contribution is 1.13. The number of nitriles is 2. The number of hydrazine groups is 3. The first-order valence-corrected chi connectivity index (χ1v) is 17.1. The number of benzene rings is 7. The molecule has 0 aromatic heterocycles. The van der Waals surface area contributed by atoms with Gasteiger partial charge in [0.15, 0.2) is 0 Å². The van der Waals surface area contributed by atoms with Crippen molar-refractivity contribution in [3.05, 3.63) is 205 Å². The van der Waals surface area contributed by atoms with Crippen molar-refractivity contribution in [2.75, 3.05) is 31.3 Å². The Kier molecular flexibility index (Phi) is 10.3. The number of para-hydroxylation sites is 6. The normalized spacial score (nSPS) is 10.2. The molecule has 9 heteroatoms. The van der Waals surface area contributed by atoms with Crippen LogP contribution in [0.5, 0.6) is 0 Å². The standard InChI is InChI=1S/C45H33N9/c1-48-45-43(50-53(36-24-12-4-13-25-36)37-26-14-5-15-27-37)40(32-46)42(49-52(34-20-8-2-9-21-34)35-22-10-3-11-23-35)41(33-47)44(45)51-54(38-28-16-6-17-29-38)39-30-18-7-19-31-39/h2-31,49-51H. The van der Waals surface area contributed by atoms with Crippen molar-refractivity contribution in [1.82, 2.24) is 0 Å². The molecule has 7 aromatic carbocycles. The van der Waals surface area contributed by atoms with Crippen molar-refractivity contribution in [3.8, 4) is 12.1 Å². The molecule has 0 saturated carbocycles. The summed E-state index contributed by atoms with van der Waals surface area (Å²) in [5.41, 5.74) is 15.8. The number of nitrogens with one attached hydrogen (secondary N) is 3. The fraction of sp³-hybridized carbons (Fsp3) is 0. The van der Waals surface area contributed by atoms with Gasteiger partial charge in [0.2, 0.25) is 5.69 Å². The molecule has 3 N–H and O–H groups in total. The van der Waals surface area contributed by atoms with Gasteiger partial charge in [0.1, 0.15) is 12.1 Å². The fourth-order valence-corrected chi connectivity index (χ4v) is 6.03. The van der Waals surface area contributed by atoms with E-state index in [1.54, 1.807) is 0 Å². The third-order valence-corrected chi connectivity index (χ3v) is 8.57. The first-order valence-electron chi connectivity index (χ1n) is 17.1. The van der Waals surface area contributed by atoms with Crippen LogP contribution >= 0.6 is 0 Å². The Hall–Kier alpha value is -8.19. The highest BCUT2D eigenvalue weighted by Crippen LogP contribution is 2.47. The molecular weight excluding hydrogens is 667 g/mol. The minimum absolute atomic E-state index is 0.0494. The monoisotopic (exact) mass is 699 g/mol. The van der Waals surface area contributed by atoms with Crippen LogP contribution in [0.1, 0.15) is 11.1 Å². The van der Waals surface area contributed by atoms with Crippen molar-refractivity contribution >= 4 is 56.9 Å². The van der Waals surface area contributed by atoms with Gasteiger partial charge in [-0.15, -0.1) is 0 Å². The van der Waals surface area contributed by atoms with Crippen LogP contribution in [-0.4, -0.2) is 0 Å². The minimum Gasteiger partial charge on any atom is -0.303 e. The molecule has 0 fully saturated rings. The molecule has 7 aromatic rings. The molecule has 7 rings (SSSR count). The zero-order chi connectivity index (χ0) is 37.1. The molecular formula is C45H33N9. The van der Waals surface area contributed by atoms with Crippen molar-refractivity contribution in [3.63, 3.8) is 0 Å². The second kappa shape index (κ2) is 16.2. The molecule has 0 atom stereocenters. The predicted molar refractivity (Wildman–Crippen MR) is 218 cm³/mol. The lowest BCUT2D eigenvalue weighted by Gasteiger charge is -2.33. The Balaban J connectivity index is 1.50. The van der Waals surface area contributed by atoms with E-state index < -0.39 is 0 Å². The van der Waals surface area contributed by atoms with Crippen LogP contribution in [0, 0.1) is 29.2 Å². The lowest BCUT2D eigenvalue weighted by atomic mass is 10.0. The summed E-state index contributed by atoms with van der Waals surface area (Å²) in [6, 6.07) is 62.5. The van der Waals surface area contributed by atoms with Gasteiger partial charge in [0.25, 0.3) is 0 Å². The molecule has 0 heterocycles. The zero-order valence-electron chi connectivity index (χ0n) is 29.0. The molecule has 0 aliphatic heterocycles. The quantitative estimate of drug-likeness (QED) is 0.0856. The Morgan fingerprint density at radius 3 is 0.796 bits per heavy atom. The molecule has 0 aliphatic carbocycles. The van der Waals surface area contributed by atoms with Crippen molar-refractivity contribution in [2.45, 2.75) is 0 Å². The first kappa shape index (κ1) is 34.3. The molecule has 0 unspecified atom stereocenters. The largest absolute Gasteiger partial charge is 0.303 e. The van der Waals surface area contributed by atoms with Gasteiger partial charge in [0.05, 0.1) is 68.9 Å². The number of hydrogen-bond acceptors (Lipinski definition) is 8. The van der Waals surface area contributed by atoms with E-state index in [2.05, 4.69) is 33.3 Å². The second-order valence-electron chi connectivity index (χ2n) is 11.9. The van der Waals surface area contributed by atoms with Crippen molar-refractivity contribution < 1.29 is 0 Å². The summed E-state index contributed by atoms with van der Waals surface area (Å²) in [4.78, 5) is 4.03. The Morgan fingerprint density at radius 1 is 0.370 bits per heavy atom. The SMILES string of the molecule is [C-]#[N+]c1c(NN(c2ccccc2)c2ccccc2)c(C#N)c(NN(c2ccccc2)c2ccccc2)c(C#N)c1NN(c1ccccc1)c1ccccc1. The lowest BCUT2D eigenvalue weighted by Crippen LogP contribution is -2.30. The first-order chi connectivity index (χ1) is 26.7. The minimum atomic E-state index is 0.0494. The molecule has 0 amide bonds. The second-order valence-corrected chi connectivity index (χ2v) is 11.9. The van der Waals surface area contributed by atoms with E-state index in [9.17, 15) is 10.5 Å². The summed E-state index contributed by atoms with van der Waals surface area (Å²) >= 11 is 0. The number of hydrogen-bond donors (Lipinski definition) is 3. The van der Waals surface area contributed by atoms with Crippen LogP contribution in [0.3, 0.4) is 0 Å². The molecule has 0 bridgehead atoms. The van der Waals surface area contributed by atoms with Gasteiger partial charge in [-0.1, -0.05) is 109 Å². The number of anilines is 9. The summed E-state index contributed by atoms with van der Waals surface area (Å²) in [5, 5.41) is 27.6. The highest BCUT2D eigenvalue weighted by molar-refractivity contribution is 6.00. The summed E-state index contributed by atoms with van der Waals surface area (Å²) in [6.45, 7) is 8.62. The van der Waals surface area contributed by atoms with Crippen LogP contribution in [0.2, 0.25) is 0 Å². The third-order valence-electron chi connectivity index (χ3n) is 8.57. The molecule has 9 nitrogen and oxygen atoms in total. The smallest absolute Gasteiger partial charge is 0.238 e. The molecule has 0 radical (unpaired) electrons. The number of nitrogens with zero attached hydrogens (tertiary/aromatic N) is 6. The van der Waals surface area contributed by atoms with E-state index in [4.69, 9.17) is 6.57 Å². The highest BCUT2D eigenvalue weighted by Gasteiger charge is 2.29. The average molecular weight is 700 g/mol. The third kappa shape index (κ3) is 7.17. The molecule has 0 saturated heterocycles. The number of rotatable bonds is 12. The van der Waals surface area contributed by atoms with Crippen molar-refractivity contribution in [1.29, 1.82) is 10.5 Å². The van der Waals surface area contributed by atoms with Crippen LogP contribution < -0.4 is 31.3 Å². The maximum atomic E-state index is 11.1. The summed E-state index contributed by atoms with van der Waals surface area (Å²) in [5.74, 6) is 0. The van der Waals surface area contributed by atoms with Gasteiger partial charge in [0, 0.05) is 0 Å². The van der Waals surface area contributed by atoms with Gasteiger partial charge in [-0.2, -0.15) is 10.5 Å². The summed E-state index contributed by atoms with van der Waals surface area (Å²) in [6.07, 6.45) is 0. The summed E-state index contributed by atoms with van der Waals surface area (Å²) < 4.78 is 0. The van der Waals surface area contributed by atoms with E-state index in [-0.39, 0.29) is 33.9 Å². The van der Waals surface area contributed by atoms with E-state index >= 15 is 0 Å². The maximum absolute atomic E-state index is 11.1. The molecule has 258 valence electrons. The van der Waals surface area contributed by atoms with E-state index in [0.717, 1.165) is 34.1 Å². The topological polar surface area (TPSA) is 97.8 Å². The Labute approximate surface area is 314 Å². The predicted octanol–water partition coefficient (Wildman–Crippen LogP) is 11.5. The molecule has 0 aliphatic rings. The molecule has 54 heavy (non-hydrogen) atoms. The van der Waals surface area contributed by atoms with Crippen LogP contribution in [0.25, 0.3) is 4.85 Å². The Bertz CT molecular complexity index is 2020. The van der Waals surface area contributed by atoms with E-state index in [0.29, 0.717) is 0 Å². The summed E-state index contributed by atoms with van der Waals surface area (Å²) in [7, 11) is 0. The Morgan fingerprint density at radius 2 is 0.593 bits per heavy atom. The van der Waals surface area contributed by atoms with Gasteiger partial charge in [-0.05, 0) is 72.8 Å². The van der Waals surface area contributed by atoms with E-state index in [1.807, 2.05) is 197 Å². The van der Waals surface area contributed by atoms with Gasteiger partial charge in [-0.25, -0.2) is 4.85 Å². The van der Waals surface area contributed by atoms with Crippen molar-refractivity contribution in [2.24, 2.45) is 0 Å². The van der Waals surface area contributed by atoms with E-state index in [1.165, 1.54) is 0 Å². The zero-order valence-corrected chi connectivity index (χ0v) is 29.0. The van der Waals surface area contributed by atoms with Gasteiger partial charge < -0.3 is 10.9 Å². The average Bonchev–Trinajstić information content (AvgIpc) is 3.25. The van der Waals surface area contributed by atoms with Gasteiger partial charge in [-0.3, -0.25) is 20.5 Å². The van der Waals surface area contributed by atoms with Crippen LogP contribution in [0.4, 0.5) is 56.9 Å².